The molecule has 5 aromatic rings. The number of nitrogens with zero attached hydrogens (tertiary/aromatic N) is 5. The number of anilines is 4. The van der Waals surface area contributed by atoms with Crippen molar-refractivity contribution in [1.82, 2.24) is 30.5 Å². The number of hydrazine groups is 1. The number of carbonyl (C=O) groups is 2. The number of urea groups is 1. The quantitative estimate of drug-likeness (QED) is 0.0601. The Labute approximate surface area is 328 Å². The van der Waals surface area contributed by atoms with Crippen molar-refractivity contribution in [2.24, 2.45) is 17.2 Å². The number of nitrogens with one attached hydrogen (secondary N) is 4. The fourth-order valence-corrected chi connectivity index (χ4v) is 6.72. The van der Waals surface area contributed by atoms with Crippen molar-refractivity contribution < 1.29 is 14.3 Å². The second-order valence-electron chi connectivity index (χ2n) is 15.3. The lowest BCUT2D eigenvalue weighted by Crippen LogP contribution is -2.42. The molecule has 0 bridgehead atoms. The summed E-state index contributed by atoms with van der Waals surface area (Å²) in [5, 5.41) is 15.4. The lowest BCUT2D eigenvalue weighted by Gasteiger charge is -2.30. The summed E-state index contributed by atoms with van der Waals surface area (Å²) >= 11 is 0. The number of nitrogens with two attached hydrogens (primary N) is 1. The number of likely N-dealkylation sites (N-methyl/N-ethyl adjacent to an activating group) is 1. The molecule has 1 fully saturated rings. The van der Waals surface area contributed by atoms with Crippen LogP contribution in [0.15, 0.2) is 103 Å². The van der Waals surface area contributed by atoms with Crippen LogP contribution in [0, 0.1) is 18.3 Å². The van der Waals surface area contributed by atoms with Gasteiger partial charge in [0.2, 0.25) is 0 Å². The molecule has 2 atom stereocenters. The molecule has 1 saturated heterocycles. The highest BCUT2D eigenvalue weighted by molar-refractivity contribution is 6.04. The zero-order valence-corrected chi connectivity index (χ0v) is 33.0. The monoisotopic (exact) mass is 756 g/mol. The van der Waals surface area contributed by atoms with Gasteiger partial charge in [0.1, 0.15) is 35.5 Å². The third kappa shape index (κ3) is 10.2. The number of likely N-dealkylation sites (tertiary alicyclic amines) is 1. The number of ether oxygens (including phenoxy) is 1. The van der Waals surface area contributed by atoms with E-state index in [9.17, 15) is 9.59 Å². The van der Waals surface area contributed by atoms with Gasteiger partial charge in [-0.25, -0.2) is 25.6 Å². The Morgan fingerprint density at radius 3 is 2.45 bits per heavy atom. The van der Waals surface area contributed by atoms with Crippen molar-refractivity contribution in [1.29, 1.82) is 0 Å². The Bertz CT molecular complexity index is 2170. The van der Waals surface area contributed by atoms with Crippen LogP contribution in [0.25, 0.3) is 10.8 Å². The largest absolute Gasteiger partial charge is 0.488 e. The summed E-state index contributed by atoms with van der Waals surface area (Å²) in [6, 6.07) is 22.7. The van der Waals surface area contributed by atoms with E-state index in [1.165, 1.54) is 17.4 Å². The molecule has 3 aromatic carbocycles. The van der Waals surface area contributed by atoms with Gasteiger partial charge in [-0.1, -0.05) is 69.7 Å². The smallest absolute Gasteiger partial charge is 0.324 e. The predicted octanol–water partition coefficient (Wildman–Crippen LogP) is 7.51. The summed E-state index contributed by atoms with van der Waals surface area (Å²) in [7, 11) is 2.04. The van der Waals surface area contributed by atoms with E-state index in [1.54, 1.807) is 6.20 Å². The van der Waals surface area contributed by atoms with E-state index in [0.717, 1.165) is 53.5 Å². The number of fused-ring (bicyclic) bond motifs is 1. The van der Waals surface area contributed by atoms with Gasteiger partial charge in [-0.05, 0) is 92.7 Å². The summed E-state index contributed by atoms with van der Waals surface area (Å²) in [6.07, 6.45) is 8.49. The molecule has 2 aromatic heterocycles. The molecule has 1 unspecified atom stereocenters. The molecule has 3 heterocycles. The topological polar surface area (TPSA) is 163 Å². The fourth-order valence-electron chi connectivity index (χ4n) is 6.72. The molecule has 13 nitrogen and oxygen atoms in total. The highest BCUT2D eigenvalue weighted by Crippen LogP contribution is 2.33. The first-order chi connectivity index (χ1) is 26.9. The van der Waals surface area contributed by atoms with Gasteiger partial charge in [-0.3, -0.25) is 15.1 Å². The number of aryl methyl sites for hydroxylation is 1. The van der Waals surface area contributed by atoms with Gasteiger partial charge < -0.3 is 25.6 Å². The molecule has 13 heteroatoms. The van der Waals surface area contributed by atoms with Crippen LogP contribution in [0.4, 0.5) is 27.8 Å². The van der Waals surface area contributed by atoms with Gasteiger partial charge in [0, 0.05) is 29.6 Å². The summed E-state index contributed by atoms with van der Waals surface area (Å²) in [4.78, 5) is 41.5. The fraction of sp³-hybridized carbons (Fsp3) is 0.326. The second kappa shape index (κ2) is 17.6. The van der Waals surface area contributed by atoms with Crippen LogP contribution in [0.3, 0.4) is 0 Å². The molecule has 0 radical (unpaired) electrons. The van der Waals surface area contributed by atoms with Crippen LogP contribution in [0.5, 0.6) is 5.75 Å². The number of benzene rings is 3. The zero-order chi connectivity index (χ0) is 39.8. The number of pyridine rings is 1. The molecule has 6 rings (SSSR count). The maximum atomic E-state index is 13.6. The molecule has 0 spiro atoms. The first kappa shape index (κ1) is 39.6. The number of aromatic nitrogens is 3. The minimum atomic E-state index is -0.419. The van der Waals surface area contributed by atoms with Crippen LogP contribution in [0.2, 0.25) is 0 Å². The maximum absolute atomic E-state index is 13.6. The highest BCUT2D eigenvalue weighted by atomic mass is 16.5. The molecule has 0 aliphatic carbocycles. The van der Waals surface area contributed by atoms with Crippen LogP contribution >= 0.6 is 0 Å². The molecular formula is C43H52N10O3. The number of hydrogen-bond acceptors (Lipinski definition) is 10. The Hall–Kier alpha value is -6.05. The molecule has 6 N–H and O–H groups in total. The van der Waals surface area contributed by atoms with Crippen molar-refractivity contribution in [2.45, 2.75) is 60.1 Å². The molecular weight excluding hydrogens is 705 g/mol. The normalized spacial score (nSPS) is 15.3. The van der Waals surface area contributed by atoms with E-state index in [2.05, 4.69) is 68.8 Å². The zero-order valence-electron chi connectivity index (χ0n) is 33.0. The van der Waals surface area contributed by atoms with Crippen molar-refractivity contribution in [2.75, 3.05) is 35.8 Å². The van der Waals surface area contributed by atoms with Gasteiger partial charge in [0.05, 0.1) is 23.8 Å². The van der Waals surface area contributed by atoms with Gasteiger partial charge in [-0.15, -0.1) is 0 Å². The van der Waals surface area contributed by atoms with Crippen LogP contribution < -0.4 is 36.9 Å². The summed E-state index contributed by atoms with van der Waals surface area (Å²) in [5.41, 5.74) is 3.59. The van der Waals surface area contributed by atoms with E-state index < -0.39 is 6.03 Å². The number of carbonyl (C=O) groups excluding carboxylic acids is 2. The lowest BCUT2D eigenvalue weighted by molar-refractivity contribution is 0.0933. The average Bonchev–Trinajstić information content (AvgIpc) is 3.59. The van der Waals surface area contributed by atoms with Crippen LogP contribution in [0.1, 0.15) is 62.2 Å². The SMILES string of the molecule is CCC(/C=C(/NC(=O)Nc1ccc(OCc2ccnc(Nc3cnc(C(=O)N[C@@H]4CCN(C)C4)cn3)c2)c2ccccc12)N(N)c1ccc(C)cc1)C(C)(C)C. The minimum Gasteiger partial charge on any atom is -0.488 e. The van der Waals surface area contributed by atoms with Gasteiger partial charge >= 0.3 is 6.03 Å². The average molecular weight is 757 g/mol. The Morgan fingerprint density at radius 1 is 1.00 bits per heavy atom. The number of amides is 3. The molecule has 0 saturated carbocycles. The Balaban J connectivity index is 1.11. The van der Waals surface area contributed by atoms with Gasteiger partial charge in [0.15, 0.2) is 0 Å². The van der Waals surface area contributed by atoms with Crippen LogP contribution in [-0.4, -0.2) is 58.0 Å². The molecule has 1 aliphatic rings. The number of hydrogen-bond donors (Lipinski definition) is 5. The minimum absolute atomic E-state index is 0.0414. The van der Waals surface area contributed by atoms with E-state index in [-0.39, 0.29) is 35.6 Å². The maximum Gasteiger partial charge on any atom is 0.324 e. The van der Waals surface area contributed by atoms with Gasteiger partial charge in [0.25, 0.3) is 5.91 Å². The standard InChI is InChI=1S/C43H52N10O3/c1-7-30(43(3,4)5)23-40(53(44)32-14-12-28(2)13-15-32)51-42(55)49-35-16-17-37(34-11-9-8-10-33(34)35)56-27-29-18-20-45-38(22-29)50-39-25-46-36(24-47-39)41(54)48-31-19-21-52(6)26-31/h8-18,20,22-25,30-31H,7,19,21,26-27,44H2,1-6H3,(H,48,54)(H,45,47,50)(H2,49,51,55)/b40-23-/t30?,31-/m1/s1. The number of rotatable bonds is 13. The van der Waals surface area contributed by atoms with Crippen LogP contribution in [-0.2, 0) is 6.61 Å². The number of allylic oxidation sites excluding steroid dienone is 1. The van der Waals surface area contributed by atoms with E-state index in [1.807, 2.05) is 92.8 Å². The first-order valence-electron chi connectivity index (χ1n) is 19.0. The lowest BCUT2D eigenvalue weighted by atomic mass is 9.79. The molecule has 292 valence electrons. The second-order valence-corrected chi connectivity index (χ2v) is 15.3. The van der Waals surface area contributed by atoms with Gasteiger partial charge in [-0.2, -0.15) is 0 Å². The summed E-state index contributed by atoms with van der Waals surface area (Å²) in [6.45, 7) is 12.7. The third-order valence-electron chi connectivity index (χ3n) is 9.94. The van der Waals surface area contributed by atoms with E-state index in [0.29, 0.717) is 28.9 Å². The summed E-state index contributed by atoms with van der Waals surface area (Å²) < 4.78 is 6.32. The summed E-state index contributed by atoms with van der Waals surface area (Å²) in [5.74, 6) is 8.72. The van der Waals surface area contributed by atoms with Crippen molar-refractivity contribution in [3.05, 3.63) is 120 Å². The molecule has 56 heavy (non-hydrogen) atoms. The van der Waals surface area contributed by atoms with Crippen molar-refractivity contribution in [3.63, 3.8) is 0 Å². The molecule has 1 aliphatic heterocycles. The van der Waals surface area contributed by atoms with E-state index >= 15 is 0 Å². The first-order valence-corrected chi connectivity index (χ1v) is 19.0. The highest BCUT2D eigenvalue weighted by Gasteiger charge is 2.25. The molecule has 3 amide bonds. The predicted molar refractivity (Wildman–Crippen MR) is 223 cm³/mol. The third-order valence-corrected chi connectivity index (χ3v) is 9.94. The van der Waals surface area contributed by atoms with E-state index in [4.69, 9.17) is 10.6 Å². The Morgan fingerprint density at radius 2 is 1.77 bits per heavy atom. The van der Waals surface area contributed by atoms with Crippen molar-refractivity contribution >= 4 is 45.7 Å². The van der Waals surface area contributed by atoms with Crippen molar-refractivity contribution in [3.8, 4) is 5.75 Å². The Kier molecular flexibility index (Phi) is 12.5.